The fourth-order valence-corrected chi connectivity index (χ4v) is 1.89. The van der Waals surface area contributed by atoms with E-state index in [0.717, 1.165) is 0 Å². The van der Waals surface area contributed by atoms with Crippen LogP contribution < -0.4 is 0 Å². The molecular formula is C9H14O. The molecule has 1 aliphatic carbocycles. The molecule has 0 bridgehead atoms. The summed E-state index contributed by atoms with van der Waals surface area (Å²) in [6, 6.07) is 0. The number of ketones is 1. The van der Waals surface area contributed by atoms with Crippen LogP contribution in [0.15, 0.2) is 12.7 Å². The zero-order chi connectivity index (χ0) is 7.94. The molecule has 10 heavy (non-hydrogen) atoms. The van der Waals surface area contributed by atoms with E-state index in [4.69, 9.17) is 0 Å². The summed E-state index contributed by atoms with van der Waals surface area (Å²) in [5.74, 6) is 0.963. The van der Waals surface area contributed by atoms with Crippen LogP contribution in [0.25, 0.3) is 0 Å². The first-order valence-corrected chi connectivity index (χ1v) is 3.65. The zero-order valence-corrected chi connectivity index (χ0v) is 6.85. The maximum atomic E-state index is 10.9. The third-order valence-electron chi connectivity index (χ3n) is 2.60. The Kier molecular flexibility index (Phi) is 1.46. The Morgan fingerprint density at radius 2 is 2.10 bits per heavy atom. The highest BCUT2D eigenvalue weighted by Gasteiger charge is 2.58. The lowest BCUT2D eigenvalue weighted by atomic mass is 10.1. The van der Waals surface area contributed by atoms with Gasteiger partial charge in [0.05, 0.1) is 0 Å². The van der Waals surface area contributed by atoms with E-state index >= 15 is 0 Å². The summed E-state index contributed by atoms with van der Waals surface area (Å²) in [4.78, 5) is 10.9. The van der Waals surface area contributed by atoms with Gasteiger partial charge in [0.2, 0.25) is 0 Å². The standard InChI is InChI=1S/C9H14O/c1-5-7-8(6(2)10)9(7,3)4/h5,7-8H,1H2,2-4H3/t7-,8-/m0/s1. The second-order valence-electron chi connectivity index (χ2n) is 3.67. The van der Waals surface area contributed by atoms with Crippen molar-refractivity contribution in [2.75, 3.05) is 0 Å². The Hall–Kier alpha value is -0.590. The highest BCUT2D eigenvalue weighted by Crippen LogP contribution is 2.58. The molecule has 2 atom stereocenters. The first-order chi connectivity index (χ1) is 4.51. The number of Topliss-reactive ketones (excluding diaryl/α,β-unsaturated/α-hetero) is 1. The fourth-order valence-electron chi connectivity index (χ4n) is 1.89. The summed E-state index contributed by atoms with van der Waals surface area (Å²) in [7, 11) is 0. The van der Waals surface area contributed by atoms with E-state index in [0.29, 0.717) is 11.7 Å². The summed E-state index contributed by atoms with van der Waals surface area (Å²) < 4.78 is 0. The molecule has 0 heterocycles. The van der Waals surface area contributed by atoms with Gasteiger partial charge in [-0.05, 0) is 18.3 Å². The van der Waals surface area contributed by atoms with E-state index < -0.39 is 0 Å². The van der Waals surface area contributed by atoms with Gasteiger partial charge in [0.25, 0.3) is 0 Å². The minimum atomic E-state index is 0.188. The van der Waals surface area contributed by atoms with E-state index in [1.807, 2.05) is 6.08 Å². The van der Waals surface area contributed by atoms with Crippen LogP contribution in [0.2, 0.25) is 0 Å². The fraction of sp³-hybridized carbons (Fsp3) is 0.667. The van der Waals surface area contributed by atoms with Gasteiger partial charge in [-0.15, -0.1) is 6.58 Å². The van der Waals surface area contributed by atoms with Crippen molar-refractivity contribution in [2.45, 2.75) is 20.8 Å². The maximum Gasteiger partial charge on any atom is 0.134 e. The van der Waals surface area contributed by atoms with Crippen molar-refractivity contribution in [3.63, 3.8) is 0 Å². The van der Waals surface area contributed by atoms with Gasteiger partial charge >= 0.3 is 0 Å². The van der Waals surface area contributed by atoms with Gasteiger partial charge in [-0.3, -0.25) is 4.79 Å². The molecule has 0 saturated heterocycles. The molecule has 0 aromatic rings. The maximum absolute atomic E-state index is 10.9. The van der Waals surface area contributed by atoms with Gasteiger partial charge < -0.3 is 0 Å². The van der Waals surface area contributed by atoms with Gasteiger partial charge in [-0.1, -0.05) is 19.9 Å². The number of hydrogen-bond acceptors (Lipinski definition) is 1. The van der Waals surface area contributed by atoms with Crippen LogP contribution in [0.3, 0.4) is 0 Å². The van der Waals surface area contributed by atoms with E-state index in [2.05, 4.69) is 20.4 Å². The summed E-state index contributed by atoms with van der Waals surface area (Å²) >= 11 is 0. The smallest absolute Gasteiger partial charge is 0.134 e. The first kappa shape index (κ1) is 7.52. The van der Waals surface area contributed by atoms with E-state index in [1.165, 1.54) is 0 Å². The molecule has 1 rings (SSSR count). The minimum Gasteiger partial charge on any atom is -0.300 e. The number of hydrogen-bond donors (Lipinski definition) is 0. The van der Waals surface area contributed by atoms with E-state index in [-0.39, 0.29) is 11.3 Å². The van der Waals surface area contributed by atoms with Crippen LogP contribution in [0.4, 0.5) is 0 Å². The van der Waals surface area contributed by atoms with E-state index in [1.54, 1.807) is 6.92 Å². The molecule has 0 radical (unpaired) electrons. The molecule has 0 N–H and O–H groups in total. The van der Waals surface area contributed by atoms with Gasteiger partial charge in [-0.2, -0.15) is 0 Å². The Morgan fingerprint density at radius 1 is 1.60 bits per heavy atom. The second kappa shape index (κ2) is 1.94. The number of carbonyl (C=O) groups excluding carboxylic acids is 1. The van der Waals surface area contributed by atoms with Crippen molar-refractivity contribution < 1.29 is 4.79 Å². The van der Waals surface area contributed by atoms with Gasteiger partial charge in [0, 0.05) is 5.92 Å². The Morgan fingerprint density at radius 3 is 2.20 bits per heavy atom. The lowest BCUT2D eigenvalue weighted by molar-refractivity contribution is -0.118. The summed E-state index contributed by atoms with van der Waals surface area (Å²) in [5, 5.41) is 0. The molecule has 1 saturated carbocycles. The largest absolute Gasteiger partial charge is 0.300 e. The Bertz CT molecular complexity index is 179. The average Bonchev–Trinajstić information content (AvgIpc) is 2.33. The number of carbonyl (C=O) groups is 1. The Balaban J connectivity index is 2.70. The molecule has 0 aliphatic heterocycles. The van der Waals surface area contributed by atoms with Gasteiger partial charge in [-0.25, -0.2) is 0 Å². The third-order valence-corrected chi connectivity index (χ3v) is 2.60. The van der Waals surface area contributed by atoms with Crippen LogP contribution in [-0.4, -0.2) is 5.78 Å². The lowest BCUT2D eigenvalue weighted by Crippen LogP contribution is -1.99. The van der Waals surface area contributed by atoms with Crippen LogP contribution >= 0.6 is 0 Å². The van der Waals surface area contributed by atoms with Crippen molar-refractivity contribution in [1.29, 1.82) is 0 Å². The molecule has 0 unspecified atom stereocenters. The second-order valence-corrected chi connectivity index (χ2v) is 3.67. The molecule has 1 aliphatic rings. The molecule has 0 aromatic carbocycles. The van der Waals surface area contributed by atoms with Crippen molar-refractivity contribution in [3.8, 4) is 0 Å². The minimum absolute atomic E-state index is 0.188. The predicted octanol–water partition coefficient (Wildman–Crippen LogP) is 2.03. The molecule has 0 aromatic heterocycles. The van der Waals surface area contributed by atoms with Crippen molar-refractivity contribution in [3.05, 3.63) is 12.7 Å². The normalized spacial score (nSPS) is 35.1. The van der Waals surface area contributed by atoms with Crippen LogP contribution in [0, 0.1) is 17.3 Å². The third kappa shape index (κ3) is 0.808. The lowest BCUT2D eigenvalue weighted by Gasteiger charge is -1.96. The highest BCUT2D eigenvalue weighted by molar-refractivity contribution is 5.83. The summed E-state index contributed by atoms with van der Waals surface area (Å²) in [6.45, 7) is 9.59. The Labute approximate surface area is 62.1 Å². The van der Waals surface area contributed by atoms with Crippen molar-refractivity contribution in [1.82, 2.24) is 0 Å². The SMILES string of the molecule is C=C[C@H]1[C@H](C(C)=O)C1(C)C. The van der Waals surface area contributed by atoms with Crippen molar-refractivity contribution in [2.24, 2.45) is 17.3 Å². The van der Waals surface area contributed by atoms with Crippen LogP contribution in [0.5, 0.6) is 0 Å². The zero-order valence-electron chi connectivity index (χ0n) is 6.85. The summed E-state index contributed by atoms with van der Waals surface area (Å²) in [5.41, 5.74) is 0.188. The van der Waals surface area contributed by atoms with Crippen molar-refractivity contribution >= 4 is 5.78 Å². The number of allylic oxidation sites excluding steroid dienone is 1. The van der Waals surface area contributed by atoms with Gasteiger partial charge in [0.15, 0.2) is 0 Å². The molecule has 1 heteroatoms. The molecule has 1 fully saturated rings. The quantitative estimate of drug-likeness (QED) is 0.534. The molecular weight excluding hydrogens is 124 g/mol. The highest BCUT2D eigenvalue weighted by atomic mass is 16.1. The molecule has 0 spiro atoms. The first-order valence-electron chi connectivity index (χ1n) is 3.65. The summed E-state index contributed by atoms with van der Waals surface area (Å²) in [6.07, 6.45) is 1.89. The van der Waals surface area contributed by atoms with Gasteiger partial charge in [0.1, 0.15) is 5.78 Å². The van der Waals surface area contributed by atoms with Crippen LogP contribution in [0.1, 0.15) is 20.8 Å². The predicted molar refractivity (Wildman–Crippen MR) is 41.6 cm³/mol. The molecule has 0 amide bonds. The number of rotatable bonds is 2. The monoisotopic (exact) mass is 138 g/mol. The molecule has 56 valence electrons. The van der Waals surface area contributed by atoms with E-state index in [9.17, 15) is 4.79 Å². The average molecular weight is 138 g/mol. The topological polar surface area (TPSA) is 17.1 Å². The molecule has 1 nitrogen and oxygen atoms in total. The van der Waals surface area contributed by atoms with Crippen LogP contribution in [-0.2, 0) is 4.79 Å².